The molecular formula is C17H14BrClO2. The Hall–Kier alpha value is -1.32. The zero-order chi connectivity index (χ0) is 14.8. The maximum absolute atomic E-state index is 12.5. The standard InChI is InChI=1S/C17H14BrClO2/c18-15-10-12(19)5-6-14(15)16(20)9-11-7-8-21-17-4-2-1-3-13(11)17/h1-6,10-11H,7-9H2. The molecule has 108 valence electrons. The number of Topliss-reactive ketones (excluding diaryl/α,β-unsaturated/α-hetero) is 1. The second-order valence-corrected chi connectivity index (χ2v) is 6.41. The number of hydrogen-bond acceptors (Lipinski definition) is 2. The quantitative estimate of drug-likeness (QED) is 0.695. The van der Waals surface area contributed by atoms with E-state index in [4.69, 9.17) is 16.3 Å². The number of halogens is 2. The summed E-state index contributed by atoms with van der Waals surface area (Å²) in [5.41, 5.74) is 1.81. The number of carbonyl (C=O) groups is 1. The lowest BCUT2D eigenvalue weighted by Gasteiger charge is -2.25. The second-order valence-electron chi connectivity index (χ2n) is 5.12. The first-order valence-electron chi connectivity index (χ1n) is 6.85. The van der Waals surface area contributed by atoms with Crippen molar-refractivity contribution in [1.82, 2.24) is 0 Å². The van der Waals surface area contributed by atoms with Gasteiger partial charge in [-0.1, -0.05) is 29.8 Å². The molecule has 2 aromatic rings. The van der Waals surface area contributed by atoms with Crippen molar-refractivity contribution in [2.45, 2.75) is 18.8 Å². The molecule has 0 saturated carbocycles. The highest BCUT2D eigenvalue weighted by Gasteiger charge is 2.24. The third-order valence-corrected chi connectivity index (χ3v) is 4.64. The molecule has 1 aliphatic rings. The Labute approximate surface area is 137 Å². The molecular weight excluding hydrogens is 352 g/mol. The Morgan fingerprint density at radius 3 is 2.90 bits per heavy atom. The zero-order valence-corrected chi connectivity index (χ0v) is 13.7. The molecule has 1 unspecified atom stereocenters. The number of carbonyl (C=O) groups excluding carboxylic acids is 1. The first-order chi connectivity index (χ1) is 10.1. The molecule has 0 saturated heterocycles. The van der Waals surface area contributed by atoms with E-state index in [1.807, 2.05) is 24.3 Å². The predicted octanol–water partition coefficient (Wildman–Crippen LogP) is 5.24. The Bertz CT molecular complexity index is 684. The van der Waals surface area contributed by atoms with Gasteiger partial charge >= 0.3 is 0 Å². The number of rotatable bonds is 3. The lowest BCUT2D eigenvalue weighted by atomic mass is 9.87. The smallest absolute Gasteiger partial charge is 0.164 e. The van der Waals surface area contributed by atoms with Gasteiger partial charge in [0.2, 0.25) is 0 Å². The normalized spacial score (nSPS) is 17.0. The van der Waals surface area contributed by atoms with Crippen molar-refractivity contribution in [2.24, 2.45) is 0 Å². The molecule has 0 N–H and O–H groups in total. The highest BCUT2D eigenvalue weighted by molar-refractivity contribution is 9.10. The summed E-state index contributed by atoms with van der Waals surface area (Å²) in [6.45, 7) is 0.663. The third-order valence-electron chi connectivity index (χ3n) is 3.75. The van der Waals surface area contributed by atoms with Crippen molar-refractivity contribution in [1.29, 1.82) is 0 Å². The van der Waals surface area contributed by atoms with E-state index in [9.17, 15) is 4.79 Å². The summed E-state index contributed by atoms with van der Waals surface area (Å²) in [6.07, 6.45) is 1.36. The molecule has 0 fully saturated rings. The van der Waals surface area contributed by atoms with E-state index >= 15 is 0 Å². The van der Waals surface area contributed by atoms with Gasteiger partial charge in [-0.25, -0.2) is 0 Å². The number of benzene rings is 2. The highest BCUT2D eigenvalue weighted by atomic mass is 79.9. The maximum Gasteiger partial charge on any atom is 0.164 e. The first kappa shape index (κ1) is 14.6. The van der Waals surface area contributed by atoms with Gasteiger partial charge in [0.25, 0.3) is 0 Å². The fourth-order valence-electron chi connectivity index (χ4n) is 2.68. The van der Waals surface area contributed by atoms with Crippen LogP contribution >= 0.6 is 27.5 Å². The van der Waals surface area contributed by atoms with Gasteiger partial charge in [-0.2, -0.15) is 0 Å². The lowest BCUT2D eigenvalue weighted by Crippen LogP contribution is -2.17. The third kappa shape index (κ3) is 3.14. The summed E-state index contributed by atoms with van der Waals surface area (Å²) in [4.78, 5) is 12.5. The van der Waals surface area contributed by atoms with E-state index in [-0.39, 0.29) is 11.7 Å². The summed E-state index contributed by atoms with van der Waals surface area (Å²) < 4.78 is 6.39. The summed E-state index contributed by atoms with van der Waals surface area (Å²) in [6, 6.07) is 13.2. The van der Waals surface area contributed by atoms with Crippen LogP contribution in [-0.4, -0.2) is 12.4 Å². The van der Waals surface area contributed by atoms with E-state index < -0.39 is 0 Å². The molecule has 21 heavy (non-hydrogen) atoms. The van der Waals surface area contributed by atoms with Gasteiger partial charge < -0.3 is 4.74 Å². The molecule has 1 aliphatic heterocycles. The minimum atomic E-state index is 0.125. The molecule has 0 aromatic heterocycles. The van der Waals surface area contributed by atoms with Gasteiger partial charge in [-0.15, -0.1) is 0 Å². The lowest BCUT2D eigenvalue weighted by molar-refractivity contribution is 0.0965. The van der Waals surface area contributed by atoms with E-state index in [0.29, 0.717) is 23.6 Å². The fourth-order valence-corrected chi connectivity index (χ4v) is 3.58. The van der Waals surface area contributed by atoms with Crippen LogP contribution in [0.3, 0.4) is 0 Å². The summed E-state index contributed by atoms with van der Waals surface area (Å²) >= 11 is 9.34. The number of ketones is 1. The van der Waals surface area contributed by atoms with Gasteiger partial charge in [-0.3, -0.25) is 4.79 Å². The maximum atomic E-state index is 12.5. The Morgan fingerprint density at radius 2 is 2.10 bits per heavy atom. The van der Waals surface area contributed by atoms with Gasteiger partial charge in [0.05, 0.1) is 6.61 Å². The summed E-state index contributed by atoms with van der Waals surface area (Å²) in [7, 11) is 0. The molecule has 2 nitrogen and oxygen atoms in total. The van der Waals surface area contributed by atoms with Crippen molar-refractivity contribution in [3.63, 3.8) is 0 Å². The highest BCUT2D eigenvalue weighted by Crippen LogP contribution is 2.36. The molecule has 3 rings (SSSR count). The number of hydrogen-bond donors (Lipinski definition) is 0. The SMILES string of the molecule is O=C(CC1CCOc2ccccc21)c1ccc(Cl)cc1Br. The van der Waals surface area contributed by atoms with E-state index in [1.54, 1.807) is 18.2 Å². The summed E-state index contributed by atoms with van der Waals surface area (Å²) in [5, 5.41) is 0.620. The van der Waals surface area contributed by atoms with Crippen LogP contribution in [0, 0.1) is 0 Å². The molecule has 1 atom stereocenters. The van der Waals surface area contributed by atoms with Crippen molar-refractivity contribution in [3.05, 3.63) is 63.1 Å². The average molecular weight is 366 g/mol. The van der Waals surface area contributed by atoms with Crippen LogP contribution in [0.5, 0.6) is 5.75 Å². The van der Waals surface area contributed by atoms with Crippen molar-refractivity contribution in [2.75, 3.05) is 6.61 Å². The van der Waals surface area contributed by atoms with E-state index in [2.05, 4.69) is 15.9 Å². The molecule has 0 amide bonds. The van der Waals surface area contributed by atoms with Gasteiger partial charge in [0.15, 0.2) is 5.78 Å². The van der Waals surface area contributed by atoms with Gasteiger partial charge in [0, 0.05) is 21.5 Å². The minimum absolute atomic E-state index is 0.125. The van der Waals surface area contributed by atoms with Crippen molar-refractivity contribution < 1.29 is 9.53 Å². The fraction of sp³-hybridized carbons (Fsp3) is 0.235. The zero-order valence-electron chi connectivity index (χ0n) is 11.3. The van der Waals surface area contributed by atoms with Crippen LogP contribution in [0.4, 0.5) is 0 Å². The summed E-state index contributed by atoms with van der Waals surface area (Å²) in [5.74, 6) is 1.24. The van der Waals surface area contributed by atoms with Crippen LogP contribution in [0.25, 0.3) is 0 Å². The van der Waals surface area contributed by atoms with Crippen LogP contribution < -0.4 is 4.74 Å². The van der Waals surface area contributed by atoms with E-state index in [1.165, 1.54) is 0 Å². The largest absolute Gasteiger partial charge is 0.493 e. The number of fused-ring (bicyclic) bond motifs is 1. The molecule has 0 aliphatic carbocycles. The second kappa shape index (κ2) is 6.20. The monoisotopic (exact) mass is 364 g/mol. The van der Waals surface area contributed by atoms with Crippen LogP contribution in [-0.2, 0) is 0 Å². The predicted molar refractivity (Wildman–Crippen MR) is 87.4 cm³/mol. The van der Waals surface area contributed by atoms with Crippen LogP contribution in [0.15, 0.2) is 46.9 Å². The molecule has 1 heterocycles. The molecule has 0 spiro atoms. The molecule has 0 bridgehead atoms. The topological polar surface area (TPSA) is 26.3 Å². The molecule has 4 heteroatoms. The molecule has 0 radical (unpaired) electrons. The van der Waals surface area contributed by atoms with Gasteiger partial charge in [-0.05, 0) is 58.1 Å². The number of para-hydroxylation sites is 1. The van der Waals surface area contributed by atoms with Crippen LogP contribution in [0.2, 0.25) is 5.02 Å². The first-order valence-corrected chi connectivity index (χ1v) is 8.02. The molecule has 2 aromatic carbocycles. The average Bonchev–Trinajstić information content (AvgIpc) is 2.47. The Balaban J connectivity index is 1.83. The van der Waals surface area contributed by atoms with Crippen molar-refractivity contribution >= 4 is 33.3 Å². The Kier molecular flexibility index (Phi) is 4.32. The van der Waals surface area contributed by atoms with Crippen LogP contribution in [0.1, 0.15) is 34.7 Å². The Morgan fingerprint density at radius 1 is 1.29 bits per heavy atom. The van der Waals surface area contributed by atoms with E-state index in [0.717, 1.165) is 22.2 Å². The minimum Gasteiger partial charge on any atom is -0.493 e. The van der Waals surface area contributed by atoms with Gasteiger partial charge in [0.1, 0.15) is 5.75 Å². The number of ether oxygens (including phenoxy) is 1. The van der Waals surface area contributed by atoms with Crippen molar-refractivity contribution in [3.8, 4) is 5.75 Å².